The van der Waals surface area contributed by atoms with E-state index in [2.05, 4.69) is 27.6 Å². The van der Waals surface area contributed by atoms with Crippen molar-refractivity contribution in [3.8, 4) is 0 Å². The minimum atomic E-state index is -0.165. The van der Waals surface area contributed by atoms with E-state index in [4.69, 9.17) is 0 Å². The summed E-state index contributed by atoms with van der Waals surface area (Å²) in [5, 5.41) is 1.05. The van der Waals surface area contributed by atoms with E-state index in [-0.39, 0.29) is 5.82 Å². The van der Waals surface area contributed by atoms with Gasteiger partial charge in [-0.05, 0) is 42.4 Å². The van der Waals surface area contributed by atoms with Crippen LogP contribution >= 0.6 is 0 Å². The normalized spacial score (nSPS) is 15.2. The fourth-order valence-electron chi connectivity index (χ4n) is 3.41. The van der Waals surface area contributed by atoms with Gasteiger partial charge in [-0.3, -0.25) is 4.98 Å². The molecule has 0 N–H and O–H groups in total. The van der Waals surface area contributed by atoms with Gasteiger partial charge in [0, 0.05) is 55.0 Å². The van der Waals surface area contributed by atoms with Gasteiger partial charge < -0.3 is 9.47 Å². The van der Waals surface area contributed by atoms with Crippen LogP contribution in [0.4, 0.5) is 4.39 Å². The molecule has 1 aromatic carbocycles. The molecule has 0 radical (unpaired) electrons. The molecule has 2 aromatic heterocycles. The number of fused-ring (bicyclic) bond motifs is 3. The van der Waals surface area contributed by atoms with Crippen molar-refractivity contribution < 1.29 is 4.39 Å². The Morgan fingerprint density at radius 2 is 2.18 bits per heavy atom. The van der Waals surface area contributed by atoms with Crippen molar-refractivity contribution in [2.24, 2.45) is 0 Å². The molecule has 0 fully saturated rings. The number of hydrogen-bond acceptors (Lipinski definition) is 2. The van der Waals surface area contributed by atoms with E-state index in [1.165, 1.54) is 16.8 Å². The maximum Gasteiger partial charge on any atom is 0.123 e. The Morgan fingerprint density at radius 3 is 3.00 bits per heavy atom. The number of pyridine rings is 1. The van der Waals surface area contributed by atoms with Crippen LogP contribution in [0.25, 0.3) is 10.9 Å². The largest absolute Gasteiger partial charge is 0.340 e. The number of benzene rings is 1. The molecular weight excluding hydrogens is 277 g/mol. The first kappa shape index (κ1) is 13.5. The highest BCUT2D eigenvalue weighted by Crippen LogP contribution is 2.31. The quantitative estimate of drug-likeness (QED) is 0.724. The number of aromatic nitrogens is 2. The molecule has 0 aliphatic carbocycles. The number of likely N-dealkylation sites (N-methyl/N-ethyl adjacent to an activating group) is 1. The Morgan fingerprint density at radius 1 is 1.27 bits per heavy atom. The first-order valence-electron chi connectivity index (χ1n) is 7.59. The van der Waals surface area contributed by atoms with E-state index in [0.29, 0.717) is 0 Å². The summed E-state index contributed by atoms with van der Waals surface area (Å²) >= 11 is 0. The van der Waals surface area contributed by atoms with Gasteiger partial charge in [-0.1, -0.05) is 6.07 Å². The molecule has 0 unspecified atom stereocenters. The lowest BCUT2D eigenvalue weighted by atomic mass is 10.0. The van der Waals surface area contributed by atoms with Gasteiger partial charge >= 0.3 is 0 Å². The topological polar surface area (TPSA) is 21.1 Å². The number of nitrogens with zero attached hydrogens (tertiary/aromatic N) is 3. The van der Waals surface area contributed by atoms with Crippen LogP contribution in [0.3, 0.4) is 0 Å². The van der Waals surface area contributed by atoms with Crippen molar-refractivity contribution in [2.45, 2.75) is 19.5 Å². The van der Waals surface area contributed by atoms with Crippen molar-refractivity contribution in [3.63, 3.8) is 0 Å². The smallest absolute Gasteiger partial charge is 0.123 e. The van der Waals surface area contributed by atoms with E-state index in [9.17, 15) is 4.39 Å². The van der Waals surface area contributed by atoms with Crippen LogP contribution in [-0.4, -0.2) is 28.0 Å². The lowest BCUT2D eigenvalue weighted by Crippen LogP contribution is -2.27. The fraction of sp³-hybridized carbons (Fsp3) is 0.278. The minimum absolute atomic E-state index is 0.165. The van der Waals surface area contributed by atoms with Crippen LogP contribution in [0.1, 0.15) is 16.8 Å². The molecule has 0 saturated carbocycles. The van der Waals surface area contributed by atoms with Crippen LogP contribution in [-0.2, 0) is 19.5 Å². The molecule has 3 nitrogen and oxygen atoms in total. The molecule has 0 saturated heterocycles. The molecule has 1 aliphatic rings. The highest BCUT2D eigenvalue weighted by atomic mass is 19.1. The summed E-state index contributed by atoms with van der Waals surface area (Å²) in [5.74, 6) is -0.165. The van der Waals surface area contributed by atoms with Gasteiger partial charge in [0.05, 0.1) is 0 Å². The Hall–Kier alpha value is -2.20. The summed E-state index contributed by atoms with van der Waals surface area (Å²) in [6, 6.07) is 9.17. The van der Waals surface area contributed by atoms with Crippen molar-refractivity contribution >= 4 is 10.9 Å². The van der Waals surface area contributed by atoms with Gasteiger partial charge in [0.15, 0.2) is 0 Å². The standard InChI is InChI=1S/C18H18FN3/c1-21-8-6-18-16(12-21)15-9-14(19)4-5-17(15)22(18)11-13-3-2-7-20-10-13/h2-5,7,9-10H,6,8,11-12H2,1H3. The molecule has 4 heteroatoms. The SMILES string of the molecule is CN1CCc2c(c3cc(F)ccc3n2Cc2cccnc2)C1. The van der Waals surface area contributed by atoms with E-state index in [1.54, 1.807) is 18.3 Å². The molecule has 112 valence electrons. The lowest BCUT2D eigenvalue weighted by molar-refractivity contribution is 0.310. The third-order valence-electron chi connectivity index (χ3n) is 4.47. The fourth-order valence-corrected chi connectivity index (χ4v) is 3.41. The van der Waals surface area contributed by atoms with Gasteiger partial charge in [-0.25, -0.2) is 4.39 Å². The molecule has 0 atom stereocenters. The zero-order valence-corrected chi connectivity index (χ0v) is 12.6. The number of halogens is 1. The van der Waals surface area contributed by atoms with Crippen LogP contribution in [0.15, 0.2) is 42.7 Å². The second kappa shape index (κ2) is 5.21. The van der Waals surface area contributed by atoms with E-state index in [1.807, 2.05) is 18.3 Å². The molecule has 0 spiro atoms. The number of hydrogen-bond donors (Lipinski definition) is 0. The third kappa shape index (κ3) is 2.20. The minimum Gasteiger partial charge on any atom is -0.340 e. The Bertz CT molecular complexity index is 823. The van der Waals surface area contributed by atoms with Gasteiger partial charge in [-0.2, -0.15) is 0 Å². The van der Waals surface area contributed by atoms with Gasteiger partial charge in [0.2, 0.25) is 0 Å². The number of rotatable bonds is 2. The summed E-state index contributed by atoms with van der Waals surface area (Å²) in [6.45, 7) is 2.71. The summed E-state index contributed by atoms with van der Waals surface area (Å²) in [6.07, 6.45) is 4.69. The molecule has 0 amide bonds. The summed E-state index contributed by atoms with van der Waals surface area (Å²) < 4.78 is 16.0. The van der Waals surface area contributed by atoms with Crippen molar-refractivity contribution in [3.05, 3.63) is 65.4 Å². The van der Waals surface area contributed by atoms with E-state index in [0.717, 1.165) is 37.0 Å². The van der Waals surface area contributed by atoms with E-state index < -0.39 is 0 Å². The van der Waals surface area contributed by atoms with Gasteiger partial charge in [-0.15, -0.1) is 0 Å². The van der Waals surface area contributed by atoms with Gasteiger partial charge in [0.25, 0.3) is 0 Å². The van der Waals surface area contributed by atoms with Crippen LogP contribution in [0, 0.1) is 5.82 Å². The first-order valence-corrected chi connectivity index (χ1v) is 7.59. The Labute approximate surface area is 129 Å². The molecule has 22 heavy (non-hydrogen) atoms. The predicted octanol–water partition coefficient (Wildman–Crippen LogP) is 3.21. The average molecular weight is 295 g/mol. The second-order valence-electron chi connectivity index (χ2n) is 6.02. The zero-order chi connectivity index (χ0) is 15.1. The molecule has 1 aliphatic heterocycles. The molecule has 0 bridgehead atoms. The molecule has 3 heterocycles. The Kier molecular flexibility index (Phi) is 3.19. The lowest BCUT2D eigenvalue weighted by Gasteiger charge is -2.24. The van der Waals surface area contributed by atoms with Crippen molar-refractivity contribution in [1.29, 1.82) is 0 Å². The second-order valence-corrected chi connectivity index (χ2v) is 6.02. The predicted molar refractivity (Wildman–Crippen MR) is 85.3 cm³/mol. The van der Waals surface area contributed by atoms with Crippen LogP contribution in [0.5, 0.6) is 0 Å². The first-order chi connectivity index (χ1) is 10.7. The van der Waals surface area contributed by atoms with E-state index >= 15 is 0 Å². The summed E-state index contributed by atoms with van der Waals surface area (Å²) in [7, 11) is 2.12. The van der Waals surface area contributed by atoms with Crippen molar-refractivity contribution in [2.75, 3.05) is 13.6 Å². The molecular formula is C18H18FN3. The van der Waals surface area contributed by atoms with Gasteiger partial charge in [0.1, 0.15) is 5.82 Å². The third-order valence-corrected chi connectivity index (χ3v) is 4.47. The van der Waals surface area contributed by atoms with Crippen LogP contribution < -0.4 is 0 Å². The van der Waals surface area contributed by atoms with Crippen molar-refractivity contribution in [1.82, 2.24) is 14.5 Å². The molecule has 3 aromatic rings. The molecule has 4 rings (SSSR count). The maximum absolute atomic E-state index is 13.7. The average Bonchev–Trinajstić information content (AvgIpc) is 2.81. The van der Waals surface area contributed by atoms with Crippen LogP contribution in [0.2, 0.25) is 0 Å². The maximum atomic E-state index is 13.7. The summed E-state index contributed by atoms with van der Waals surface area (Å²) in [4.78, 5) is 6.49. The highest BCUT2D eigenvalue weighted by molar-refractivity contribution is 5.86. The zero-order valence-electron chi connectivity index (χ0n) is 12.6. The Balaban J connectivity index is 1.90. The summed E-state index contributed by atoms with van der Waals surface area (Å²) in [5.41, 5.74) is 4.89. The monoisotopic (exact) mass is 295 g/mol. The highest BCUT2D eigenvalue weighted by Gasteiger charge is 2.22.